The van der Waals surface area contributed by atoms with E-state index in [2.05, 4.69) is 15.9 Å². The quantitative estimate of drug-likeness (QED) is 0.665. The molecule has 0 aliphatic carbocycles. The summed E-state index contributed by atoms with van der Waals surface area (Å²) in [6.45, 7) is 1.11. The predicted molar refractivity (Wildman–Crippen MR) is 60.5 cm³/mol. The molecule has 1 aromatic rings. The monoisotopic (exact) mass is 277 g/mol. The minimum Gasteiger partial charge on any atom is -0.490 e. The van der Waals surface area contributed by atoms with Gasteiger partial charge in [0.15, 0.2) is 5.75 Å². The standard InChI is InChI=1S/C10H13BrFNO2/c1-14-3-2-4-15-10-8(11)5-7(12)6-9(10)13/h5-6H,2-4,13H2,1H3. The SMILES string of the molecule is COCCCOc1c(N)cc(F)cc1Br. The molecule has 0 spiro atoms. The van der Waals surface area contributed by atoms with Crippen LogP contribution in [-0.2, 0) is 4.74 Å². The Kier molecular flexibility index (Phi) is 4.84. The van der Waals surface area contributed by atoms with Crippen LogP contribution >= 0.6 is 15.9 Å². The molecule has 84 valence electrons. The summed E-state index contributed by atoms with van der Waals surface area (Å²) in [4.78, 5) is 0. The van der Waals surface area contributed by atoms with E-state index in [9.17, 15) is 4.39 Å². The van der Waals surface area contributed by atoms with Gasteiger partial charge in [0.25, 0.3) is 0 Å². The van der Waals surface area contributed by atoms with E-state index in [1.165, 1.54) is 12.1 Å². The smallest absolute Gasteiger partial charge is 0.156 e. The second-order valence-corrected chi connectivity index (χ2v) is 3.86. The Balaban J connectivity index is 2.60. The van der Waals surface area contributed by atoms with E-state index in [-0.39, 0.29) is 5.82 Å². The first-order chi connectivity index (χ1) is 7.15. The van der Waals surface area contributed by atoms with Crippen molar-refractivity contribution in [2.45, 2.75) is 6.42 Å². The summed E-state index contributed by atoms with van der Waals surface area (Å²) >= 11 is 3.19. The van der Waals surface area contributed by atoms with Gasteiger partial charge in [-0.3, -0.25) is 0 Å². The highest BCUT2D eigenvalue weighted by atomic mass is 79.9. The molecule has 0 saturated heterocycles. The molecule has 15 heavy (non-hydrogen) atoms. The highest BCUT2D eigenvalue weighted by molar-refractivity contribution is 9.10. The lowest BCUT2D eigenvalue weighted by Gasteiger charge is -2.10. The molecule has 5 heteroatoms. The van der Waals surface area contributed by atoms with E-state index >= 15 is 0 Å². The number of halogens is 2. The molecule has 3 nitrogen and oxygen atoms in total. The molecule has 1 aromatic carbocycles. The molecule has 0 fully saturated rings. The summed E-state index contributed by atoms with van der Waals surface area (Å²) in [6.07, 6.45) is 0.764. The van der Waals surface area contributed by atoms with Gasteiger partial charge in [-0.1, -0.05) is 0 Å². The fourth-order valence-corrected chi connectivity index (χ4v) is 1.67. The Morgan fingerprint density at radius 3 is 2.73 bits per heavy atom. The van der Waals surface area contributed by atoms with E-state index in [4.69, 9.17) is 15.2 Å². The van der Waals surface area contributed by atoms with Crippen LogP contribution in [0.1, 0.15) is 6.42 Å². The van der Waals surface area contributed by atoms with Crippen molar-refractivity contribution in [3.8, 4) is 5.75 Å². The average molecular weight is 278 g/mol. The van der Waals surface area contributed by atoms with E-state index in [0.29, 0.717) is 29.1 Å². The normalized spacial score (nSPS) is 10.3. The van der Waals surface area contributed by atoms with Crippen LogP contribution in [0.3, 0.4) is 0 Å². The van der Waals surface area contributed by atoms with Crippen LogP contribution in [0.4, 0.5) is 10.1 Å². The number of anilines is 1. The Morgan fingerprint density at radius 1 is 1.40 bits per heavy atom. The molecule has 0 aromatic heterocycles. The van der Waals surface area contributed by atoms with Crippen molar-refractivity contribution in [3.63, 3.8) is 0 Å². The van der Waals surface area contributed by atoms with E-state index in [1.54, 1.807) is 7.11 Å². The maximum atomic E-state index is 12.9. The van der Waals surface area contributed by atoms with Gasteiger partial charge in [0.05, 0.1) is 16.8 Å². The third-order valence-corrected chi connectivity index (χ3v) is 2.37. The molecule has 0 unspecified atom stereocenters. The molecular weight excluding hydrogens is 265 g/mol. The van der Waals surface area contributed by atoms with Crippen molar-refractivity contribution in [2.75, 3.05) is 26.1 Å². The number of benzene rings is 1. The van der Waals surface area contributed by atoms with Crippen LogP contribution in [0.15, 0.2) is 16.6 Å². The first kappa shape index (κ1) is 12.3. The number of nitrogens with two attached hydrogens (primary N) is 1. The zero-order chi connectivity index (χ0) is 11.3. The van der Waals surface area contributed by atoms with Crippen molar-refractivity contribution >= 4 is 21.6 Å². The second-order valence-electron chi connectivity index (χ2n) is 3.00. The average Bonchev–Trinajstić information content (AvgIpc) is 2.15. The number of rotatable bonds is 5. The van der Waals surface area contributed by atoms with Crippen molar-refractivity contribution < 1.29 is 13.9 Å². The van der Waals surface area contributed by atoms with E-state index in [1.807, 2.05) is 0 Å². The molecule has 0 radical (unpaired) electrons. The molecule has 0 amide bonds. The summed E-state index contributed by atoms with van der Waals surface area (Å²) in [6, 6.07) is 2.55. The maximum Gasteiger partial charge on any atom is 0.156 e. The van der Waals surface area contributed by atoms with Crippen molar-refractivity contribution in [1.29, 1.82) is 0 Å². The number of ether oxygens (including phenoxy) is 2. The van der Waals surface area contributed by atoms with Crippen LogP contribution < -0.4 is 10.5 Å². The minimum atomic E-state index is -0.386. The molecule has 0 atom stereocenters. The Labute approximate surface area is 96.5 Å². The molecule has 0 aliphatic rings. The van der Waals surface area contributed by atoms with Gasteiger partial charge in [-0.2, -0.15) is 0 Å². The fourth-order valence-electron chi connectivity index (χ4n) is 1.11. The van der Waals surface area contributed by atoms with Gasteiger partial charge in [-0.25, -0.2) is 4.39 Å². The number of nitrogen functional groups attached to an aromatic ring is 1. The zero-order valence-electron chi connectivity index (χ0n) is 8.43. The third-order valence-electron chi connectivity index (χ3n) is 1.78. The van der Waals surface area contributed by atoms with Crippen LogP contribution in [0.5, 0.6) is 5.75 Å². The van der Waals surface area contributed by atoms with Gasteiger partial charge in [0.2, 0.25) is 0 Å². The van der Waals surface area contributed by atoms with Gasteiger partial charge in [-0.15, -0.1) is 0 Å². The topological polar surface area (TPSA) is 44.5 Å². The van der Waals surface area contributed by atoms with E-state index < -0.39 is 0 Å². The largest absolute Gasteiger partial charge is 0.490 e. The van der Waals surface area contributed by atoms with Gasteiger partial charge in [-0.05, 0) is 22.0 Å². The zero-order valence-corrected chi connectivity index (χ0v) is 10.0. The molecule has 2 N–H and O–H groups in total. The lowest BCUT2D eigenvalue weighted by Crippen LogP contribution is -2.04. The number of hydrogen-bond donors (Lipinski definition) is 1. The van der Waals surface area contributed by atoms with E-state index in [0.717, 1.165) is 6.42 Å². The summed E-state index contributed by atoms with van der Waals surface area (Å²) in [5.74, 6) is 0.0936. The van der Waals surface area contributed by atoms with Gasteiger partial charge in [0, 0.05) is 26.2 Å². The minimum absolute atomic E-state index is 0.291. The van der Waals surface area contributed by atoms with Crippen molar-refractivity contribution in [2.24, 2.45) is 0 Å². The highest BCUT2D eigenvalue weighted by Crippen LogP contribution is 2.32. The molecule has 0 aliphatic heterocycles. The summed E-state index contributed by atoms with van der Waals surface area (Å²) < 4.78 is 23.7. The second kappa shape index (κ2) is 5.92. The lowest BCUT2D eigenvalue weighted by atomic mass is 10.3. The third kappa shape index (κ3) is 3.68. The molecule has 0 bridgehead atoms. The Bertz CT molecular complexity index is 310. The van der Waals surface area contributed by atoms with Gasteiger partial charge >= 0.3 is 0 Å². The highest BCUT2D eigenvalue weighted by Gasteiger charge is 2.08. The van der Waals surface area contributed by atoms with Crippen LogP contribution in [0, 0.1) is 5.82 Å². The molecule has 0 heterocycles. The molecule has 1 rings (SSSR count). The Morgan fingerprint density at radius 2 is 2.13 bits per heavy atom. The summed E-state index contributed by atoms with van der Waals surface area (Å²) in [5.41, 5.74) is 5.90. The first-order valence-corrected chi connectivity index (χ1v) is 5.30. The Hall–Kier alpha value is -0.810. The number of hydrogen-bond acceptors (Lipinski definition) is 3. The molecule has 0 saturated carbocycles. The summed E-state index contributed by atoms with van der Waals surface area (Å²) in [5, 5.41) is 0. The lowest BCUT2D eigenvalue weighted by molar-refractivity contribution is 0.172. The van der Waals surface area contributed by atoms with Crippen molar-refractivity contribution in [1.82, 2.24) is 0 Å². The predicted octanol–water partition coefficient (Wildman–Crippen LogP) is 2.59. The van der Waals surface area contributed by atoms with Gasteiger partial charge in [0.1, 0.15) is 5.82 Å². The van der Waals surface area contributed by atoms with Crippen LogP contribution in [-0.4, -0.2) is 20.3 Å². The van der Waals surface area contributed by atoms with Crippen LogP contribution in [0.2, 0.25) is 0 Å². The molecular formula is C10H13BrFNO2. The van der Waals surface area contributed by atoms with Crippen LogP contribution in [0.25, 0.3) is 0 Å². The first-order valence-electron chi connectivity index (χ1n) is 4.51. The summed E-state index contributed by atoms with van der Waals surface area (Å²) in [7, 11) is 1.63. The fraction of sp³-hybridized carbons (Fsp3) is 0.400. The van der Waals surface area contributed by atoms with Gasteiger partial charge < -0.3 is 15.2 Å². The maximum absolute atomic E-state index is 12.9. The van der Waals surface area contributed by atoms with Crippen molar-refractivity contribution in [3.05, 3.63) is 22.4 Å². The number of methoxy groups -OCH3 is 1.